The third kappa shape index (κ3) is 4.67. The van der Waals surface area contributed by atoms with Crippen LogP contribution in [0.25, 0.3) is 0 Å². The molecule has 0 amide bonds. The molecule has 1 N–H and O–H groups in total. The zero-order valence-electron chi connectivity index (χ0n) is 9.55. The van der Waals surface area contributed by atoms with E-state index < -0.39 is 9.84 Å². The van der Waals surface area contributed by atoms with E-state index in [9.17, 15) is 8.42 Å². The number of hydrogen-bond donors (Lipinski definition) is 1. The van der Waals surface area contributed by atoms with Crippen LogP contribution in [0.3, 0.4) is 0 Å². The molecule has 0 aliphatic rings. The topological polar surface area (TPSA) is 89.8 Å². The van der Waals surface area contributed by atoms with Gasteiger partial charge in [0, 0.05) is 12.8 Å². The first-order chi connectivity index (χ1) is 7.53. The maximum absolute atomic E-state index is 10.9. The van der Waals surface area contributed by atoms with Crippen LogP contribution in [0, 0.1) is 0 Å². The Labute approximate surface area is 95.1 Å². The lowest BCUT2D eigenvalue weighted by atomic mass is 10.4. The van der Waals surface area contributed by atoms with Crippen LogP contribution in [-0.2, 0) is 22.9 Å². The van der Waals surface area contributed by atoms with Crippen molar-refractivity contribution in [1.82, 2.24) is 25.5 Å². The third-order valence-electron chi connectivity index (χ3n) is 2.02. The Bertz CT molecular complexity index is 414. The zero-order chi connectivity index (χ0) is 12.0. The van der Waals surface area contributed by atoms with Crippen LogP contribution in [0.2, 0.25) is 0 Å². The number of hydrogen-bond acceptors (Lipinski definition) is 6. The van der Waals surface area contributed by atoms with Gasteiger partial charge in [-0.1, -0.05) is 6.92 Å². The number of nitrogens with one attached hydrogen (secondary N) is 1. The van der Waals surface area contributed by atoms with Gasteiger partial charge in [0.25, 0.3) is 0 Å². The molecule has 0 fully saturated rings. The molecule has 1 aromatic rings. The Balaban J connectivity index is 2.44. The Morgan fingerprint density at radius 3 is 2.81 bits per heavy atom. The number of sulfone groups is 1. The van der Waals surface area contributed by atoms with Crippen LogP contribution >= 0.6 is 0 Å². The maximum Gasteiger partial charge on any atom is 0.165 e. The van der Waals surface area contributed by atoms with E-state index in [1.165, 1.54) is 6.26 Å². The first kappa shape index (κ1) is 13.0. The molecule has 7 nitrogen and oxygen atoms in total. The van der Waals surface area contributed by atoms with Crippen LogP contribution in [0.4, 0.5) is 0 Å². The molecule has 8 heteroatoms. The second kappa shape index (κ2) is 5.90. The van der Waals surface area contributed by atoms with Crippen LogP contribution in [0.15, 0.2) is 0 Å². The Hall–Kier alpha value is -1.02. The number of tetrazole rings is 1. The third-order valence-corrected chi connectivity index (χ3v) is 3.05. The van der Waals surface area contributed by atoms with Gasteiger partial charge in [0.05, 0.1) is 12.3 Å². The highest BCUT2D eigenvalue weighted by Gasteiger charge is 2.07. The second-order valence-electron chi connectivity index (χ2n) is 3.58. The summed E-state index contributed by atoms with van der Waals surface area (Å²) in [6.07, 6.45) is 1.76. The molecule has 0 saturated carbocycles. The fourth-order valence-electron chi connectivity index (χ4n) is 1.24. The first-order valence-electron chi connectivity index (χ1n) is 5.16. The van der Waals surface area contributed by atoms with Crippen molar-refractivity contribution in [2.45, 2.75) is 26.4 Å². The van der Waals surface area contributed by atoms with Gasteiger partial charge in [-0.05, 0) is 23.4 Å². The lowest BCUT2D eigenvalue weighted by molar-refractivity contribution is 0.533. The lowest BCUT2D eigenvalue weighted by Crippen LogP contribution is -2.18. The fourth-order valence-corrected chi connectivity index (χ4v) is 1.89. The van der Waals surface area contributed by atoms with Crippen molar-refractivity contribution in [2.24, 2.45) is 0 Å². The van der Waals surface area contributed by atoms with E-state index in [2.05, 4.69) is 20.8 Å². The van der Waals surface area contributed by atoms with Gasteiger partial charge in [-0.25, -0.2) is 13.1 Å². The van der Waals surface area contributed by atoms with E-state index in [1.807, 2.05) is 6.92 Å². The minimum Gasteiger partial charge on any atom is -0.310 e. The van der Waals surface area contributed by atoms with Crippen LogP contribution < -0.4 is 5.32 Å². The van der Waals surface area contributed by atoms with Gasteiger partial charge in [0.1, 0.15) is 9.84 Å². The molecule has 0 saturated heterocycles. The van der Waals surface area contributed by atoms with Gasteiger partial charge in [0.2, 0.25) is 0 Å². The van der Waals surface area contributed by atoms with E-state index in [4.69, 9.17) is 0 Å². The summed E-state index contributed by atoms with van der Waals surface area (Å²) in [5.41, 5.74) is 0. The molecule has 0 bridgehead atoms. The molecule has 0 aliphatic heterocycles. The van der Waals surface area contributed by atoms with E-state index >= 15 is 0 Å². The average Bonchev–Trinajstić information content (AvgIpc) is 2.60. The Morgan fingerprint density at radius 1 is 1.44 bits per heavy atom. The molecular weight excluding hydrogens is 230 g/mol. The molecule has 0 atom stereocenters. The lowest BCUT2D eigenvalue weighted by Gasteiger charge is -2.04. The van der Waals surface area contributed by atoms with E-state index in [0.29, 0.717) is 19.5 Å². The molecule has 0 unspecified atom stereocenters. The summed E-state index contributed by atoms with van der Waals surface area (Å²) in [5, 5.41) is 14.3. The molecule has 1 heterocycles. The summed E-state index contributed by atoms with van der Waals surface area (Å²) < 4.78 is 23.5. The number of aryl methyl sites for hydroxylation is 1. The summed E-state index contributed by atoms with van der Waals surface area (Å²) >= 11 is 0. The molecule has 92 valence electrons. The van der Waals surface area contributed by atoms with Gasteiger partial charge in [0.15, 0.2) is 5.82 Å². The van der Waals surface area contributed by atoms with E-state index in [1.54, 1.807) is 4.68 Å². The summed E-state index contributed by atoms with van der Waals surface area (Å²) in [6.45, 7) is 3.97. The molecule has 0 aromatic carbocycles. The molecule has 0 radical (unpaired) electrons. The van der Waals surface area contributed by atoms with Crippen LogP contribution in [-0.4, -0.2) is 47.2 Å². The van der Waals surface area contributed by atoms with Crippen molar-refractivity contribution >= 4 is 9.84 Å². The summed E-state index contributed by atoms with van der Waals surface area (Å²) in [5.74, 6) is 0.892. The average molecular weight is 247 g/mol. The summed E-state index contributed by atoms with van der Waals surface area (Å²) in [4.78, 5) is 0. The molecule has 1 rings (SSSR count). The molecule has 16 heavy (non-hydrogen) atoms. The SMILES string of the molecule is CCNCc1nnnn1CCCS(C)(=O)=O. The highest BCUT2D eigenvalue weighted by atomic mass is 32.2. The van der Waals surface area contributed by atoms with Crippen molar-refractivity contribution in [3.8, 4) is 0 Å². The zero-order valence-corrected chi connectivity index (χ0v) is 10.4. The molecular formula is C8H17N5O2S. The Kier molecular flexibility index (Phi) is 4.81. The predicted molar refractivity (Wildman–Crippen MR) is 59.5 cm³/mol. The van der Waals surface area contributed by atoms with E-state index in [0.717, 1.165) is 12.4 Å². The molecule has 1 aromatic heterocycles. The standard InChI is InChI=1S/C8H17N5O2S/c1-3-9-7-8-10-11-12-13(8)5-4-6-16(2,14)15/h9H,3-7H2,1-2H3. The highest BCUT2D eigenvalue weighted by molar-refractivity contribution is 7.90. The van der Waals surface area contributed by atoms with Gasteiger partial charge in [-0.15, -0.1) is 5.10 Å². The second-order valence-corrected chi connectivity index (χ2v) is 5.84. The normalized spacial score (nSPS) is 11.9. The van der Waals surface area contributed by atoms with Crippen LogP contribution in [0.1, 0.15) is 19.2 Å². The molecule has 0 spiro atoms. The van der Waals surface area contributed by atoms with Crippen molar-refractivity contribution in [3.63, 3.8) is 0 Å². The summed E-state index contributed by atoms with van der Waals surface area (Å²) in [7, 11) is -2.90. The highest BCUT2D eigenvalue weighted by Crippen LogP contribution is 1.96. The molecule has 0 aliphatic carbocycles. The van der Waals surface area contributed by atoms with Gasteiger partial charge in [-0.2, -0.15) is 0 Å². The monoisotopic (exact) mass is 247 g/mol. The van der Waals surface area contributed by atoms with E-state index in [-0.39, 0.29) is 5.75 Å². The summed E-state index contributed by atoms with van der Waals surface area (Å²) in [6, 6.07) is 0. The quantitative estimate of drug-likeness (QED) is 0.679. The minimum absolute atomic E-state index is 0.160. The number of aromatic nitrogens is 4. The van der Waals surface area contributed by atoms with Gasteiger partial charge >= 0.3 is 0 Å². The largest absolute Gasteiger partial charge is 0.310 e. The van der Waals surface area contributed by atoms with Gasteiger partial charge in [-0.3, -0.25) is 0 Å². The maximum atomic E-state index is 10.9. The van der Waals surface area contributed by atoms with Crippen molar-refractivity contribution in [3.05, 3.63) is 5.82 Å². The predicted octanol–water partition coefficient (Wildman–Crippen LogP) is -0.783. The van der Waals surface area contributed by atoms with Crippen LogP contribution in [0.5, 0.6) is 0 Å². The number of nitrogens with zero attached hydrogens (tertiary/aromatic N) is 4. The Morgan fingerprint density at radius 2 is 2.19 bits per heavy atom. The van der Waals surface area contributed by atoms with Crippen molar-refractivity contribution in [1.29, 1.82) is 0 Å². The fraction of sp³-hybridized carbons (Fsp3) is 0.875. The number of rotatable bonds is 7. The van der Waals surface area contributed by atoms with Crippen molar-refractivity contribution in [2.75, 3.05) is 18.6 Å². The first-order valence-corrected chi connectivity index (χ1v) is 7.22. The van der Waals surface area contributed by atoms with Crippen molar-refractivity contribution < 1.29 is 8.42 Å². The smallest absolute Gasteiger partial charge is 0.165 e. The minimum atomic E-state index is -2.90. The van der Waals surface area contributed by atoms with Gasteiger partial charge < -0.3 is 5.32 Å².